The molecule has 7 aliphatic rings. The fourth-order valence-electron chi connectivity index (χ4n) is 17.4. The highest BCUT2D eigenvalue weighted by atomic mass is 16.9. The number of benzene rings is 6. The Kier molecular flexibility index (Phi) is 28.8. The Labute approximate surface area is 611 Å². The van der Waals surface area contributed by atoms with Crippen molar-refractivity contribution in [1.82, 2.24) is 0 Å². The topological polar surface area (TPSA) is 399 Å². The highest BCUT2D eigenvalue weighted by Crippen LogP contribution is 2.78. The highest BCUT2D eigenvalue weighted by Gasteiger charge is 2.73. The molecule has 17 atom stereocenters. The van der Waals surface area contributed by atoms with Crippen LogP contribution in [0.4, 0.5) is 0 Å². The van der Waals surface area contributed by atoms with Gasteiger partial charge >= 0.3 is 47.8 Å². The molecule has 0 bridgehead atoms. The molecule has 566 valence electrons. The molecule has 13 rings (SSSR count). The molecule has 6 aromatic carbocycles. The summed E-state index contributed by atoms with van der Waals surface area (Å²) in [6.45, 7) is 18.2. The second-order valence-electron chi connectivity index (χ2n) is 29.4. The molecule has 7 fully saturated rings. The molecule has 23 nitrogen and oxygen atoms in total. The molecule has 6 aromatic rings. The molecule has 0 aromatic heterocycles. The van der Waals surface area contributed by atoms with Crippen LogP contribution in [0.25, 0.3) is 0 Å². The van der Waals surface area contributed by atoms with E-state index in [9.17, 15) is 59.4 Å². The van der Waals surface area contributed by atoms with E-state index in [1.165, 1.54) is 32.1 Å². The van der Waals surface area contributed by atoms with Crippen molar-refractivity contribution in [2.24, 2.45) is 56.7 Å². The zero-order valence-corrected chi connectivity index (χ0v) is 60.0. The van der Waals surface area contributed by atoms with Gasteiger partial charge in [-0.1, -0.05) is 162 Å². The Hall–Kier alpha value is -9.01. The number of carbonyl (C=O) groups is 7. The van der Waals surface area contributed by atoms with Gasteiger partial charge in [-0.3, -0.25) is 9.53 Å². The number of allylic oxidation sites excluding steroid dienone is 1. The van der Waals surface area contributed by atoms with Crippen LogP contribution in [0, 0.1) is 56.7 Å². The Bertz CT molecular complexity index is 3460. The van der Waals surface area contributed by atoms with Crippen molar-refractivity contribution in [3.63, 3.8) is 0 Å². The van der Waals surface area contributed by atoms with E-state index in [2.05, 4.69) is 48.1 Å². The van der Waals surface area contributed by atoms with Crippen LogP contribution in [-0.2, 0) is 23.7 Å². The van der Waals surface area contributed by atoms with Crippen molar-refractivity contribution in [2.45, 2.75) is 161 Å². The number of hydrogen-bond acceptors (Lipinski definition) is 17. The average Bonchev–Trinajstić information content (AvgIpc) is 1.66. The number of aliphatic hydroxyl groups excluding tert-OH is 6. The van der Waals surface area contributed by atoms with Crippen LogP contribution in [0.1, 0.15) is 174 Å². The summed E-state index contributed by atoms with van der Waals surface area (Å²) in [5.74, 6) is -7.02. The number of hydrogen-bond donors (Lipinski definition) is 12. The summed E-state index contributed by atoms with van der Waals surface area (Å²) >= 11 is 0. The minimum atomic E-state index is -2.66. The smallest absolute Gasteiger partial charge is 0.361 e. The zero-order chi connectivity index (χ0) is 77.2. The van der Waals surface area contributed by atoms with E-state index in [1.54, 1.807) is 182 Å². The Morgan fingerprint density at radius 3 is 1.19 bits per heavy atom. The van der Waals surface area contributed by atoms with Gasteiger partial charge in [0.25, 0.3) is 0 Å². The molecule has 2 aliphatic heterocycles. The molecule has 0 amide bonds. The summed E-state index contributed by atoms with van der Waals surface area (Å²) in [6.07, 6.45) is -0.774. The molecule has 12 N–H and O–H groups in total. The van der Waals surface area contributed by atoms with E-state index >= 15 is 4.79 Å². The molecule has 5 aliphatic carbocycles. The highest BCUT2D eigenvalue weighted by molar-refractivity contribution is 5.89. The van der Waals surface area contributed by atoms with Gasteiger partial charge in [0.2, 0.25) is 0 Å². The average molecular weight is 1450 g/mol. The quantitative estimate of drug-likeness (QED) is 0.0326. The number of aromatic carboxylic acids is 6. The number of carboxylic acids is 6. The monoisotopic (exact) mass is 1450 g/mol. The van der Waals surface area contributed by atoms with Crippen LogP contribution in [0.5, 0.6) is 0 Å². The lowest BCUT2D eigenvalue weighted by Crippen LogP contribution is -2.68. The summed E-state index contributed by atoms with van der Waals surface area (Å²) in [5.41, 5.74) is 2.76. The molecule has 0 radical (unpaired) electrons. The van der Waals surface area contributed by atoms with Gasteiger partial charge in [-0.2, -0.15) is 0 Å². The van der Waals surface area contributed by atoms with Crippen molar-refractivity contribution in [3.8, 4) is 0 Å². The third-order valence-electron chi connectivity index (χ3n) is 22.8. The summed E-state index contributed by atoms with van der Waals surface area (Å²) in [6, 6.07) is 49.8. The molecule has 105 heavy (non-hydrogen) atoms. The lowest BCUT2D eigenvalue weighted by Gasteiger charge is -2.72. The van der Waals surface area contributed by atoms with E-state index in [-0.39, 0.29) is 34.0 Å². The SMILES string of the molecule is C=C(C)[C@@H]1CC[C@]2(C(=O)OC3(OC4OC[C@H](O)[C@H](O)[C@H]4O)OC[C@H](O)[C@H](O)[C@H]3O)CC[C@]3(C)[C@H](CC[C@@H]4[C@@]5(C)CCCC(C)(C)[C@@H]5CC[C@]43C)[C@@H]12.O=C(O)c1ccccc1.O=C(O)c1ccccc1.O=C(O)c1ccccc1.O=C(O)c1ccccc1.O=C(O)c1ccccc1.O=C(O)c1ccccc1. The van der Waals surface area contributed by atoms with Gasteiger partial charge in [0.05, 0.1) is 52.0 Å². The van der Waals surface area contributed by atoms with Crippen LogP contribution >= 0.6 is 0 Å². The van der Waals surface area contributed by atoms with Crippen LogP contribution in [-0.4, -0.2) is 165 Å². The number of ether oxygens (including phenoxy) is 4. The van der Waals surface area contributed by atoms with Crippen LogP contribution < -0.4 is 0 Å². The maximum atomic E-state index is 15.0. The fraction of sp³-hybridized carbons (Fsp3) is 0.451. The normalized spacial score (nSPS) is 31.3. The van der Waals surface area contributed by atoms with E-state index in [0.29, 0.717) is 63.5 Å². The molecule has 2 saturated heterocycles. The van der Waals surface area contributed by atoms with Gasteiger partial charge in [0.1, 0.15) is 30.5 Å². The third kappa shape index (κ3) is 19.5. The maximum absolute atomic E-state index is 15.0. The molecule has 0 spiro atoms. The lowest BCUT2D eigenvalue weighted by atomic mass is 9.32. The van der Waals surface area contributed by atoms with Gasteiger partial charge in [-0.15, -0.1) is 0 Å². The first-order valence-electron chi connectivity index (χ1n) is 35.2. The number of esters is 1. The van der Waals surface area contributed by atoms with E-state index in [0.717, 1.165) is 31.3 Å². The van der Waals surface area contributed by atoms with E-state index in [4.69, 9.17) is 49.6 Å². The van der Waals surface area contributed by atoms with Crippen molar-refractivity contribution in [2.75, 3.05) is 13.2 Å². The van der Waals surface area contributed by atoms with Crippen molar-refractivity contribution in [1.29, 1.82) is 0 Å². The molecular weight excluding hydrogens is 1350 g/mol. The summed E-state index contributed by atoms with van der Waals surface area (Å²) < 4.78 is 23.3. The van der Waals surface area contributed by atoms with Crippen molar-refractivity contribution >= 4 is 41.8 Å². The van der Waals surface area contributed by atoms with Gasteiger partial charge in [0.15, 0.2) is 12.4 Å². The van der Waals surface area contributed by atoms with Crippen LogP contribution in [0.3, 0.4) is 0 Å². The van der Waals surface area contributed by atoms with Gasteiger partial charge in [-0.25, -0.2) is 28.8 Å². The van der Waals surface area contributed by atoms with Crippen molar-refractivity contribution < 1.29 is 114 Å². The number of carbonyl (C=O) groups excluding carboxylic acids is 1. The fourth-order valence-corrected chi connectivity index (χ4v) is 17.4. The predicted octanol–water partition coefficient (Wildman–Crippen LogP) is 12.1. The molecule has 5 saturated carbocycles. The maximum Gasteiger partial charge on any atom is 0.361 e. The second kappa shape index (κ2) is 36.3. The van der Waals surface area contributed by atoms with Gasteiger partial charge in [-0.05, 0) is 195 Å². The Morgan fingerprint density at radius 1 is 0.429 bits per heavy atom. The summed E-state index contributed by atoms with van der Waals surface area (Å²) in [7, 11) is 0. The minimum absolute atomic E-state index is 0.0235. The molecule has 23 heteroatoms. The molecular formula is C82H100O23. The molecule has 2 heterocycles. The largest absolute Gasteiger partial charge is 0.478 e. The summed E-state index contributed by atoms with van der Waals surface area (Å²) in [4.78, 5) is 76.2. The number of fused-ring (bicyclic) bond motifs is 7. The number of aliphatic hydroxyl groups is 6. The van der Waals surface area contributed by atoms with Gasteiger partial charge in [0, 0.05) is 0 Å². The van der Waals surface area contributed by atoms with Gasteiger partial charge < -0.3 is 75.5 Å². The Morgan fingerprint density at radius 2 is 0.819 bits per heavy atom. The van der Waals surface area contributed by atoms with E-state index in [1.807, 2.05) is 0 Å². The standard InChI is InChI=1S/C40H64O11.6C7H6O2/c1-21(2)22-11-16-39(34(47)51-40(32(46)30(44)25(42)20-49-40)50-33-31(45)29(43)24(41)19-48-33)18-17-37(6)23(28(22)39)9-10-27-36(5)14-8-13-35(3,4)26(36)12-15-38(27,37)7;6*8-7(9)6-4-2-1-3-5-6/h22-33,41-46H,1,8-20H2,2-7H3;6*1-5H,(H,8,9)/t22-,23+,24-,25-,26-,27+,28+,29-,30-,31+,32+,33?,36-,37+,38+,39-,40?;;;;;;/m0....../s1. The molecule has 2 unspecified atom stereocenters. The van der Waals surface area contributed by atoms with Crippen LogP contribution in [0.15, 0.2) is 194 Å². The lowest BCUT2D eigenvalue weighted by molar-refractivity contribution is -0.472. The first-order valence-corrected chi connectivity index (χ1v) is 35.2. The van der Waals surface area contributed by atoms with Crippen molar-refractivity contribution in [3.05, 3.63) is 228 Å². The minimum Gasteiger partial charge on any atom is -0.478 e. The first-order chi connectivity index (χ1) is 49.6. The number of rotatable bonds is 11. The van der Waals surface area contributed by atoms with Crippen LogP contribution in [0.2, 0.25) is 0 Å². The summed E-state index contributed by atoms with van der Waals surface area (Å²) in [5, 5.41) is 114. The van der Waals surface area contributed by atoms with E-state index < -0.39 is 109 Å². The third-order valence-corrected chi connectivity index (χ3v) is 22.8. The number of carboxylic acid groups (broad SMARTS) is 6. The second-order valence-corrected chi connectivity index (χ2v) is 29.4. The zero-order valence-electron chi connectivity index (χ0n) is 60.0. The predicted molar refractivity (Wildman–Crippen MR) is 386 cm³/mol. The first kappa shape index (κ1) is 83.3. The Balaban J connectivity index is 0.000000225.